The van der Waals surface area contributed by atoms with Gasteiger partial charge in [-0.3, -0.25) is 9.78 Å². The summed E-state index contributed by atoms with van der Waals surface area (Å²) < 4.78 is 2.11. The largest absolute Gasteiger partial charge is 0.364 e. The Morgan fingerprint density at radius 1 is 1.19 bits per heavy atom. The average molecular weight is 419 g/mol. The molecule has 1 aliphatic heterocycles. The summed E-state index contributed by atoms with van der Waals surface area (Å²) in [5.74, 6) is 1.74. The lowest BCUT2D eigenvalue weighted by Gasteiger charge is -2.35. The van der Waals surface area contributed by atoms with E-state index in [4.69, 9.17) is 4.98 Å². The van der Waals surface area contributed by atoms with Crippen LogP contribution in [0.5, 0.6) is 0 Å². The van der Waals surface area contributed by atoms with Crippen molar-refractivity contribution in [2.24, 2.45) is 0 Å². The maximum atomic E-state index is 12.2. The number of pyridine rings is 2. The van der Waals surface area contributed by atoms with Crippen LogP contribution < -0.4 is 10.2 Å². The summed E-state index contributed by atoms with van der Waals surface area (Å²) in [4.78, 5) is 25.4. The lowest BCUT2D eigenvalue weighted by molar-refractivity contribution is -0.130. The Kier molecular flexibility index (Phi) is 5.23. The van der Waals surface area contributed by atoms with Gasteiger partial charge in [0, 0.05) is 37.6 Å². The summed E-state index contributed by atoms with van der Waals surface area (Å²) in [5, 5.41) is 11.7. The second kappa shape index (κ2) is 8.33. The van der Waals surface area contributed by atoms with Gasteiger partial charge in [-0.05, 0) is 44.0 Å². The molecule has 0 unspecified atom stereocenters. The van der Waals surface area contributed by atoms with Crippen LogP contribution in [-0.2, 0) is 11.3 Å². The Morgan fingerprint density at radius 2 is 2.10 bits per heavy atom. The summed E-state index contributed by atoms with van der Waals surface area (Å²) in [5.41, 5.74) is 2.73. The molecule has 0 radical (unpaired) electrons. The number of nitrogens with zero attached hydrogens (tertiary/aromatic N) is 7. The van der Waals surface area contributed by atoms with Crippen LogP contribution in [0, 0.1) is 0 Å². The number of nitrogens with one attached hydrogen (secondary N) is 1. The molecule has 1 amide bonds. The van der Waals surface area contributed by atoms with Gasteiger partial charge in [-0.2, -0.15) is 0 Å². The highest BCUT2D eigenvalue weighted by Crippen LogP contribution is 2.37. The third kappa shape index (κ3) is 4.21. The SMILES string of the molecule is CCN1CCN(c2ccnc(CNc3cccc(-c4nncn4C4CC4)n3)c2)CC1=O. The van der Waals surface area contributed by atoms with E-state index in [0.29, 0.717) is 19.1 Å². The molecule has 3 aromatic heterocycles. The van der Waals surface area contributed by atoms with Crippen molar-refractivity contribution in [3.05, 3.63) is 48.5 Å². The van der Waals surface area contributed by atoms with E-state index in [-0.39, 0.29) is 5.91 Å². The number of piperazine rings is 1. The van der Waals surface area contributed by atoms with E-state index in [0.717, 1.165) is 48.4 Å². The molecule has 3 aromatic rings. The number of carbonyl (C=O) groups is 1. The van der Waals surface area contributed by atoms with Crippen molar-refractivity contribution in [3.63, 3.8) is 0 Å². The van der Waals surface area contributed by atoms with Crippen LogP contribution in [0.4, 0.5) is 11.5 Å². The van der Waals surface area contributed by atoms with Crippen molar-refractivity contribution in [2.75, 3.05) is 36.4 Å². The van der Waals surface area contributed by atoms with Crippen LogP contribution in [0.25, 0.3) is 11.5 Å². The minimum Gasteiger partial charge on any atom is -0.364 e. The van der Waals surface area contributed by atoms with Crippen LogP contribution in [0.2, 0.25) is 0 Å². The Hall–Kier alpha value is -3.49. The molecule has 160 valence electrons. The second-order valence-electron chi connectivity index (χ2n) is 7.95. The fourth-order valence-corrected chi connectivity index (χ4v) is 3.91. The van der Waals surface area contributed by atoms with E-state index in [9.17, 15) is 4.79 Å². The molecule has 0 spiro atoms. The summed E-state index contributed by atoms with van der Waals surface area (Å²) in [6.45, 7) is 5.33. The summed E-state index contributed by atoms with van der Waals surface area (Å²) in [6, 6.07) is 10.4. The Bertz CT molecular complexity index is 1080. The monoisotopic (exact) mass is 418 g/mol. The summed E-state index contributed by atoms with van der Waals surface area (Å²) >= 11 is 0. The van der Waals surface area contributed by atoms with Gasteiger partial charge in [0.15, 0.2) is 5.82 Å². The van der Waals surface area contributed by atoms with Crippen molar-refractivity contribution in [1.82, 2.24) is 29.6 Å². The molecule has 2 fully saturated rings. The number of likely N-dealkylation sites (N-methyl/N-ethyl adjacent to an activating group) is 1. The Balaban J connectivity index is 1.26. The fraction of sp³-hybridized carbons (Fsp3) is 0.409. The summed E-state index contributed by atoms with van der Waals surface area (Å²) in [7, 11) is 0. The first-order chi connectivity index (χ1) is 15.2. The zero-order chi connectivity index (χ0) is 21.2. The van der Waals surface area contributed by atoms with Gasteiger partial charge in [-0.1, -0.05) is 6.07 Å². The third-order valence-corrected chi connectivity index (χ3v) is 5.81. The number of carbonyl (C=O) groups excluding carboxylic acids is 1. The fourth-order valence-electron chi connectivity index (χ4n) is 3.91. The van der Waals surface area contributed by atoms with Gasteiger partial charge in [0.2, 0.25) is 5.91 Å². The smallest absolute Gasteiger partial charge is 0.242 e. The van der Waals surface area contributed by atoms with Gasteiger partial charge >= 0.3 is 0 Å². The topological polar surface area (TPSA) is 92.1 Å². The third-order valence-electron chi connectivity index (χ3n) is 5.81. The summed E-state index contributed by atoms with van der Waals surface area (Å²) in [6.07, 6.45) is 5.93. The van der Waals surface area contributed by atoms with E-state index in [1.54, 1.807) is 12.5 Å². The van der Waals surface area contributed by atoms with Crippen LogP contribution >= 0.6 is 0 Å². The zero-order valence-corrected chi connectivity index (χ0v) is 17.6. The maximum Gasteiger partial charge on any atom is 0.242 e. The van der Waals surface area contributed by atoms with Gasteiger partial charge in [0.25, 0.3) is 0 Å². The van der Waals surface area contributed by atoms with Crippen molar-refractivity contribution >= 4 is 17.4 Å². The normalized spacial score (nSPS) is 16.6. The molecule has 1 saturated heterocycles. The number of anilines is 2. The molecular weight excluding hydrogens is 392 g/mol. The first kappa shape index (κ1) is 19.5. The average Bonchev–Trinajstić information content (AvgIpc) is 3.54. The minimum atomic E-state index is 0.172. The molecule has 9 heteroatoms. The second-order valence-corrected chi connectivity index (χ2v) is 7.95. The van der Waals surface area contributed by atoms with Crippen LogP contribution in [-0.4, -0.2) is 61.7 Å². The molecular formula is C22H26N8O. The van der Waals surface area contributed by atoms with E-state index < -0.39 is 0 Å². The van der Waals surface area contributed by atoms with E-state index in [1.807, 2.05) is 42.2 Å². The molecule has 31 heavy (non-hydrogen) atoms. The van der Waals surface area contributed by atoms with Crippen LogP contribution in [0.3, 0.4) is 0 Å². The number of amides is 1. The number of rotatable bonds is 7. The van der Waals surface area contributed by atoms with Gasteiger partial charge in [-0.15, -0.1) is 10.2 Å². The number of hydrogen-bond donors (Lipinski definition) is 1. The number of hydrogen-bond acceptors (Lipinski definition) is 7. The van der Waals surface area contributed by atoms with E-state index >= 15 is 0 Å². The molecule has 9 nitrogen and oxygen atoms in total. The first-order valence-corrected chi connectivity index (χ1v) is 10.8. The molecule has 0 aromatic carbocycles. The molecule has 1 saturated carbocycles. The highest BCUT2D eigenvalue weighted by molar-refractivity contribution is 5.82. The van der Waals surface area contributed by atoms with Gasteiger partial charge in [0.05, 0.1) is 18.8 Å². The predicted octanol–water partition coefficient (Wildman–Crippen LogP) is 2.35. The van der Waals surface area contributed by atoms with Crippen molar-refractivity contribution in [1.29, 1.82) is 0 Å². The molecule has 4 heterocycles. The maximum absolute atomic E-state index is 12.2. The Morgan fingerprint density at radius 3 is 2.90 bits per heavy atom. The molecule has 1 aliphatic carbocycles. The molecule has 1 N–H and O–H groups in total. The molecule has 0 bridgehead atoms. The van der Waals surface area contributed by atoms with Crippen molar-refractivity contribution in [3.8, 4) is 11.5 Å². The number of aromatic nitrogens is 5. The highest BCUT2D eigenvalue weighted by Gasteiger charge is 2.27. The van der Waals surface area contributed by atoms with Crippen molar-refractivity contribution < 1.29 is 4.79 Å². The van der Waals surface area contributed by atoms with Gasteiger partial charge < -0.3 is 19.7 Å². The van der Waals surface area contributed by atoms with E-state index in [1.165, 1.54) is 12.8 Å². The lowest BCUT2D eigenvalue weighted by atomic mass is 10.2. The van der Waals surface area contributed by atoms with Crippen molar-refractivity contribution in [2.45, 2.75) is 32.4 Å². The van der Waals surface area contributed by atoms with E-state index in [2.05, 4.69) is 30.0 Å². The minimum absolute atomic E-state index is 0.172. The quantitative estimate of drug-likeness (QED) is 0.630. The zero-order valence-electron chi connectivity index (χ0n) is 17.6. The van der Waals surface area contributed by atoms with Gasteiger partial charge in [-0.25, -0.2) is 4.98 Å². The lowest BCUT2D eigenvalue weighted by Crippen LogP contribution is -2.50. The van der Waals surface area contributed by atoms with Crippen LogP contribution in [0.15, 0.2) is 42.9 Å². The molecule has 2 aliphatic rings. The standard InChI is InChI=1S/C22H26N8O/c1-2-28-10-11-29(14-21(28)31)18-8-9-23-16(12-18)13-24-20-5-3-4-19(26-20)22-27-25-15-30(22)17-6-7-17/h3-5,8-9,12,15,17H,2,6-7,10-11,13-14H2,1H3,(H,24,26). The van der Waals surface area contributed by atoms with Gasteiger partial charge in [0.1, 0.15) is 17.8 Å². The first-order valence-electron chi connectivity index (χ1n) is 10.8. The van der Waals surface area contributed by atoms with Crippen LogP contribution in [0.1, 0.15) is 31.5 Å². The molecule has 5 rings (SSSR count). The Labute approximate surface area is 181 Å². The molecule has 0 atom stereocenters. The highest BCUT2D eigenvalue weighted by atomic mass is 16.2. The predicted molar refractivity (Wildman–Crippen MR) is 118 cm³/mol.